The molecule has 4 nitrogen and oxygen atoms in total. The van der Waals surface area contributed by atoms with Crippen molar-refractivity contribution in [1.29, 1.82) is 0 Å². The van der Waals surface area contributed by atoms with E-state index in [1.165, 1.54) is 0 Å². The standard InChI is InChI=1S/C17H18Cl2N2O2/c18-14-7-6-13(8-15(14)19)11-23-17(9-16(20)22)21-10-12-4-2-1-3-5-12/h1-8,17,21H,9-11H2,(H2,20,22). The Morgan fingerprint density at radius 3 is 2.48 bits per heavy atom. The van der Waals surface area contributed by atoms with Gasteiger partial charge in [-0.3, -0.25) is 10.1 Å². The van der Waals surface area contributed by atoms with E-state index < -0.39 is 12.1 Å². The number of benzene rings is 2. The van der Waals surface area contributed by atoms with Crippen LogP contribution in [0.4, 0.5) is 0 Å². The number of nitrogens with two attached hydrogens (primary N) is 1. The van der Waals surface area contributed by atoms with Crippen LogP contribution in [0, 0.1) is 0 Å². The maximum Gasteiger partial charge on any atom is 0.221 e. The minimum absolute atomic E-state index is 0.0914. The van der Waals surface area contributed by atoms with E-state index in [-0.39, 0.29) is 6.42 Å². The SMILES string of the molecule is NC(=O)CC(NCc1ccccc1)OCc1ccc(Cl)c(Cl)c1. The number of hydrogen-bond donors (Lipinski definition) is 2. The molecule has 0 aromatic heterocycles. The fourth-order valence-electron chi connectivity index (χ4n) is 2.03. The summed E-state index contributed by atoms with van der Waals surface area (Å²) < 4.78 is 5.74. The zero-order valence-electron chi connectivity index (χ0n) is 12.5. The maximum absolute atomic E-state index is 11.2. The number of rotatable bonds is 8. The quantitative estimate of drug-likeness (QED) is 0.714. The predicted octanol–water partition coefficient (Wildman–Crippen LogP) is 3.50. The molecule has 6 heteroatoms. The molecule has 0 saturated carbocycles. The molecule has 1 amide bonds. The summed E-state index contributed by atoms with van der Waals surface area (Å²) in [5, 5.41) is 4.14. The smallest absolute Gasteiger partial charge is 0.221 e. The number of primary amides is 1. The van der Waals surface area contributed by atoms with Gasteiger partial charge in [0.25, 0.3) is 0 Å². The van der Waals surface area contributed by atoms with E-state index in [9.17, 15) is 4.79 Å². The van der Waals surface area contributed by atoms with Crippen LogP contribution in [0.1, 0.15) is 17.5 Å². The van der Waals surface area contributed by atoms with Gasteiger partial charge in [0.1, 0.15) is 6.23 Å². The van der Waals surface area contributed by atoms with Crippen molar-refractivity contribution in [3.63, 3.8) is 0 Å². The van der Waals surface area contributed by atoms with Crippen LogP contribution in [0.3, 0.4) is 0 Å². The fourth-order valence-corrected chi connectivity index (χ4v) is 2.35. The molecule has 1 atom stereocenters. The third kappa shape index (κ3) is 6.20. The van der Waals surface area contributed by atoms with E-state index in [0.717, 1.165) is 11.1 Å². The molecule has 0 fully saturated rings. The van der Waals surface area contributed by atoms with Gasteiger partial charge in [-0.1, -0.05) is 59.6 Å². The highest BCUT2D eigenvalue weighted by Crippen LogP contribution is 2.23. The van der Waals surface area contributed by atoms with Gasteiger partial charge in [0.15, 0.2) is 0 Å². The molecule has 0 heterocycles. The Morgan fingerprint density at radius 2 is 1.83 bits per heavy atom. The van der Waals surface area contributed by atoms with Gasteiger partial charge >= 0.3 is 0 Å². The summed E-state index contributed by atoms with van der Waals surface area (Å²) >= 11 is 11.9. The summed E-state index contributed by atoms with van der Waals surface area (Å²) in [6, 6.07) is 15.1. The van der Waals surface area contributed by atoms with Gasteiger partial charge < -0.3 is 10.5 Å². The Hall–Kier alpha value is -1.59. The van der Waals surface area contributed by atoms with Crippen molar-refractivity contribution in [2.24, 2.45) is 5.73 Å². The highest BCUT2D eigenvalue weighted by Gasteiger charge is 2.12. The van der Waals surface area contributed by atoms with Crippen molar-refractivity contribution in [1.82, 2.24) is 5.32 Å². The van der Waals surface area contributed by atoms with Crippen LogP contribution in [0.5, 0.6) is 0 Å². The number of carbonyl (C=O) groups is 1. The van der Waals surface area contributed by atoms with Crippen LogP contribution in [0.2, 0.25) is 10.0 Å². The van der Waals surface area contributed by atoms with E-state index in [1.807, 2.05) is 36.4 Å². The van der Waals surface area contributed by atoms with E-state index in [1.54, 1.807) is 12.1 Å². The zero-order chi connectivity index (χ0) is 16.7. The Bertz CT molecular complexity index is 650. The van der Waals surface area contributed by atoms with Crippen LogP contribution in [-0.4, -0.2) is 12.1 Å². The number of amides is 1. The van der Waals surface area contributed by atoms with Crippen LogP contribution in [0.25, 0.3) is 0 Å². The highest BCUT2D eigenvalue weighted by molar-refractivity contribution is 6.42. The molecule has 0 spiro atoms. The Labute approximate surface area is 145 Å². The van der Waals surface area contributed by atoms with Gasteiger partial charge in [-0.15, -0.1) is 0 Å². The second-order valence-electron chi connectivity index (χ2n) is 5.09. The first-order valence-electron chi connectivity index (χ1n) is 7.15. The van der Waals surface area contributed by atoms with E-state index >= 15 is 0 Å². The lowest BCUT2D eigenvalue weighted by molar-refractivity contribution is -0.121. The minimum atomic E-state index is -0.470. The monoisotopic (exact) mass is 352 g/mol. The molecule has 122 valence electrons. The number of halogens is 2. The van der Waals surface area contributed by atoms with Crippen LogP contribution >= 0.6 is 23.2 Å². The largest absolute Gasteiger partial charge is 0.370 e. The molecule has 0 saturated heterocycles. The Balaban J connectivity index is 1.92. The van der Waals surface area contributed by atoms with Crippen molar-refractivity contribution < 1.29 is 9.53 Å². The van der Waals surface area contributed by atoms with Crippen molar-refractivity contribution in [3.05, 3.63) is 69.7 Å². The topological polar surface area (TPSA) is 64.4 Å². The first-order valence-corrected chi connectivity index (χ1v) is 7.91. The van der Waals surface area contributed by atoms with Gasteiger partial charge in [-0.05, 0) is 23.3 Å². The molecule has 0 aliphatic rings. The van der Waals surface area contributed by atoms with Crippen molar-refractivity contribution in [2.45, 2.75) is 25.8 Å². The second kappa shape index (κ2) is 8.89. The average Bonchev–Trinajstić information content (AvgIpc) is 2.54. The average molecular weight is 353 g/mol. The molecule has 1 unspecified atom stereocenters. The Morgan fingerprint density at radius 1 is 1.09 bits per heavy atom. The van der Waals surface area contributed by atoms with Crippen LogP contribution in [-0.2, 0) is 22.7 Å². The molecule has 0 radical (unpaired) electrons. The van der Waals surface area contributed by atoms with Crippen molar-refractivity contribution >= 4 is 29.1 Å². The zero-order valence-corrected chi connectivity index (χ0v) is 14.0. The number of hydrogen-bond acceptors (Lipinski definition) is 3. The molecule has 0 aliphatic carbocycles. The van der Waals surface area contributed by atoms with Crippen molar-refractivity contribution in [2.75, 3.05) is 0 Å². The summed E-state index contributed by atoms with van der Waals surface area (Å²) in [5.74, 6) is -0.426. The molecule has 0 bridgehead atoms. The lowest BCUT2D eigenvalue weighted by Gasteiger charge is -2.18. The van der Waals surface area contributed by atoms with E-state index in [2.05, 4.69) is 5.32 Å². The normalized spacial score (nSPS) is 12.1. The van der Waals surface area contributed by atoms with Gasteiger partial charge in [-0.2, -0.15) is 0 Å². The molecular formula is C17H18Cl2N2O2. The van der Waals surface area contributed by atoms with E-state index in [4.69, 9.17) is 33.7 Å². The second-order valence-corrected chi connectivity index (χ2v) is 5.90. The minimum Gasteiger partial charge on any atom is -0.370 e. The third-order valence-electron chi connectivity index (χ3n) is 3.20. The number of ether oxygens (including phenoxy) is 1. The Kier molecular flexibility index (Phi) is 6.86. The maximum atomic E-state index is 11.2. The van der Waals surface area contributed by atoms with Gasteiger partial charge in [0, 0.05) is 6.54 Å². The summed E-state index contributed by atoms with van der Waals surface area (Å²) in [6.07, 6.45) is -0.379. The van der Waals surface area contributed by atoms with Crippen LogP contribution < -0.4 is 11.1 Å². The van der Waals surface area contributed by atoms with Crippen LogP contribution in [0.15, 0.2) is 48.5 Å². The highest BCUT2D eigenvalue weighted by atomic mass is 35.5. The van der Waals surface area contributed by atoms with E-state index in [0.29, 0.717) is 23.2 Å². The third-order valence-corrected chi connectivity index (χ3v) is 3.94. The molecule has 23 heavy (non-hydrogen) atoms. The van der Waals surface area contributed by atoms with Gasteiger partial charge in [-0.25, -0.2) is 0 Å². The molecule has 2 aromatic carbocycles. The summed E-state index contributed by atoms with van der Waals surface area (Å²) in [6.45, 7) is 0.886. The number of nitrogens with one attached hydrogen (secondary N) is 1. The molecule has 3 N–H and O–H groups in total. The van der Waals surface area contributed by atoms with Gasteiger partial charge in [0.05, 0.1) is 23.1 Å². The summed E-state index contributed by atoms with van der Waals surface area (Å²) in [5.41, 5.74) is 7.25. The number of carbonyl (C=O) groups excluding carboxylic acids is 1. The lowest BCUT2D eigenvalue weighted by atomic mass is 10.2. The lowest BCUT2D eigenvalue weighted by Crippen LogP contribution is -2.35. The van der Waals surface area contributed by atoms with Crippen molar-refractivity contribution in [3.8, 4) is 0 Å². The molecule has 2 rings (SSSR count). The summed E-state index contributed by atoms with van der Waals surface area (Å²) in [7, 11) is 0. The first kappa shape index (κ1) is 17.8. The molecular weight excluding hydrogens is 335 g/mol. The first-order chi connectivity index (χ1) is 11.0. The molecule has 0 aliphatic heterocycles. The van der Waals surface area contributed by atoms with Gasteiger partial charge in [0.2, 0.25) is 5.91 Å². The predicted molar refractivity (Wildman–Crippen MR) is 92.1 cm³/mol. The fraction of sp³-hybridized carbons (Fsp3) is 0.235. The summed E-state index contributed by atoms with van der Waals surface area (Å²) in [4.78, 5) is 11.2. The molecule has 2 aromatic rings.